The van der Waals surface area contributed by atoms with Gasteiger partial charge in [0.05, 0.1) is 18.1 Å². The highest BCUT2D eigenvalue weighted by Crippen LogP contribution is 2.48. The molecule has 1 aliphatic carbocycles. The van der Waals surface area contributed by atoms with Crippen molar-refractivity contribution in [3.63, 3.8) is 0 Å². The molecule has 0 spiro atoms. The Labute approximate surface area is 165 Å². The number of carbonyl (C=O) groups excluding carboxylic acids is 1. The van der Waals surface area contributed by atoms with Gasteiger partial charge < -0.3 is 9.47 Å². The van der Waals surface area contributed by atoms with E-state index in [2.05, 4.69) is 58.9 Å². The molecule has 27 heavy (non-hydrogen) atoms. The van der Waals surface area contributed by atoms with E-state index in [-0.39, 0.29) is 24.1 Å². The lowest BCUT2D eigenvalue weighted by Crippen LogP contribution is -2.27. The Morgan fingerprint density at radius 2 is 2.07 bits per heavy atom. The van der Waals surface area contributed by atoms with Crippen molar-refractivity contribution in [1.29, 1.82) is 0 Å². The predicted molar refractivity (Wildman–Crippen MR) is 111 cm³/mol. The Balaban J connectivity index is 1.90. The van der Waals surface area contributed by atoms with Crippen molar-refractivity contribution in [2.24, 2.45) is 23.7 Å². The molecule has 152 valence electrons. The molecule has 0 aromatic heterocycles. The Morgan fingerprint density at radius 3 is 2.67 bits per heavy atom. The molecular formula is C24H38O3. The monoisotopic (exact) mass is 374 g/mol. The van der Waals surface area contributed by atoms with Crippen LogP contribution in [0.15, 0.2) is 35.5 Å². The molecule has 1 aliphatic heterocycles. The maximum absolute atomic E-state index is 12.3. The first-order valence-electron chi connectivity index (χ1n) is 10.4. The van der Waals surface area contributed by atoms with E-state index in [4.69, 9.17) is 9.47 Å². The highest BCUT2D eigenvalue weighted by Gasteiger charge is 2.51. The van der Waals surface area contributed by atoms with Crippen molar-refractivity contribution in [3.8, 4) is 0 Å². The topological polar surface area (TPSA) is 35.5 Å². The molecule has 0 amide bonds. The molecule has 0 bridgehead atoms. The highest BCUT2D eigenvalue weighted by atomic mass is 16.6. The number of esters is 1. The summed E-state index contributed by atoms with van der Waals surface area (Å²) in [6, 6.07) is 0. The van der Waals surface area contributed by atoms with E-state index in [9.17, 15) is 4.79 Å². The first kappa shape index (κ1) is 21.9. The third kappa shape index (κ3) is 6.07. The fraction of sp³-hybridized carbons (Fsp3) is 0.708. The van der Waals surface area contributed by atoms with Gasteiger partial charge in [0.2, 0.25) is 0 Å². The molecule has 2 rings (SSSR count). The Kier molecular flexibility index (Phi) is 7.13. The molecule has 0 N–H and O–H groups in total. The molecule has 1 fully saturated rings. The van der Waals surface area contributed by atoms with Gasteiger partial charge in [-0.2, -0.15) is 0 Å². The molecular weight excluding hydrogens is 336 g/mol. The number of rotatable bonds is 6. The highest BCUT2D eigenvalue weighted by molar-refractivity contribution is 5.77. The van der Waals surface area contributed by atoms with Gasteiger partial charge in [0.1, 0.15) is 5.60 Å². The van der Waals surface area contributed by atoms with Gasteiger partial charge in [0.25, 0.3) is 0 Å². The fourth-order valence-electron chi connectivity index (χ4n) is 3.91. The summed E-state index contributed by atoms with van der Waals surface area (Å²) in [6.07, 6.45) is 11.4. The van der Waals surface area contributed by atoms with Crippen LogP contribution in [0.3, 0.4) is 0 Å². The Morgan fingerprint density at radius 1 is 1.41 bits per heavy atom. The molecule has 0 aromatic rings. The second-order valence-corrected chi connectivity index (χ2v) is 9.36. The van der Waals surface area contributed by atoms with Crippen LogP contribution in [0.25, 0.3) is 0 Å². The summed E-state index contributed by atoms with van der Waals surface area (Å²) >= 11 is 0. The molecule has 0 aromatic carbocycles. The van der Waals surface area contributed by atoms with Crippen LogP contribution in [0.1, 0.15) is 68.2 Å². The number of carbonyl (C=O) groups is 1. The van der Waals surface area contributed by atoms with Gasteiger partial charge in [0, 0.05) is 0 Å². The lowest BCUT2D eigenvalue weighted by Gasteiger charge is -2.29. The first-order chi connectivity index (χ1) is 12.5. The second kappa shape index (κ2) is 8.77. The summed E-state index contributed by atoms with van der Waals surface area (Å²) < 4.78 is 11.8. The van der Waals surface area contributed by atoms with Crippen molar-refractivity contribution >= 4 is 5.97 Å². The number of hydrogen-bond donors (Lipinski definition) is 0. The molecule has 0 saturated heterocycles. The fourth-order valence-corrected chi connectivity index (χ4v) is 3.91. The zero-order chi connectivity index (χ0) is 20.4. The van der Waals surface area contributed by atoms with Crippen LogP contribution in [0.5, 0.6) is 0 Å². The van der Waals surface area contributed by atoms with Crippen molar-refractivity contribution in [1.82, 2.24) is 0 Å². The van der Waals surface area contributed by atoms with Gasteiger partial charge in [-0.05, 0) is 76.4 Å². The van der Waals surface area contributed by atoms with Gasteiger partial charge in [-0.15, -0.1) is 0 Å². The molecule has 1 saturated carbocycles. The van der Waals surface area contributed by atoms with Gasteiger partial charge in [0.15, 0.2) is 0 Å². The van der Waals surface area contributed by atoms with E-state index < -0.39 is 5.60 Å². The van der Waals surface area contributed by atoms with Gasteiger partial charge in [-0.25, -0.2) is 0 Å². The molecule has 6 atom stereocenters. The van der Waals surface area contributed by atoms with E-state index in [0.29, 0.717) is 17.8 Å². The van der Waals surface area contributed by atoms with Crippen LogP contribution in [0.2, 0.25) is 0 Å². The summed E-state index contributed by atoms with van der Waals surface area (Å²) in [4.78, 5) is 12.3. The van der Waals surface area contributed by atoms with Crippen LogP contribution < -0.4 is 0 Å². The number of hydrogen-bond acceptors (Lipinski definition) is 3. The number of allylic oxidation sites excluding steroid dienone is 3. The number of ether oxygens (including phenoxy) is 2. The zero-order valence-electron chi connectivity index (χ0n) is 18.4. The third-order valence-electron chi connectivity index (χ3n) is 5.66. The minimum Gasteiger partial charge on any atom is -0.460 e. The van der Waals surface area contributed by atoms with Gasteiger partial charge in [-0.3, -0.25) is 4.79 Å². The van der Waals surface area contributed by atoms with Crippen molar-refractivity contribution in [3.05, 3.63) is 35.5 Å². The summed E-state index contributed by atoms with van der Waals surface area (Å²) in [5.41, 5.74) is 2.23. The van der Waals surface area contributed by atoms with Gasteiger partial charge >= 0.3 is 5.97 Å². The maximum Gasteiger partial charge on any atom is 0.310 e. The van der Waals surface area contributed by atoms with Gasteiger partial charge in [-0.1, -0.05) is 45.1 Å². The summed E-state index contributed by atoms with van der Waals surface area (Å²) in [6.45, 7) is 16.6. The summed E-state index contributed by atoms with van der Waals surface area (Å²) in [5.74, 6) is 0.948. The van der Waals surface area contributed by atoms with E-state index in [1.165, 1.54) is 11.1 Å². The van der Waals surface area contributed by atoms with Crippen LogP contribution in [0.4, 0.5) is 0 Å². The average molecular weight is 375 g/mol. The van der Waals surface area contributed by atoms with E-state index in [1.54, 1.807) is 0 Å². The maximum atomic E-state index is 12.3. The van der Waals surface area contributed by atoms with Crippen molar-refractivity contribution in [2.45, 2.75) is 86.0 Å². The van der Waals surface area contributed by atoms with E-state index in [0.717, 1.165) is 12.8 Å². The quantitative estimate of drug-likeness (QED) is 0.431. The smallest absolute Gasteiger partial charge is 0.310 e. The molecule has 0 radical (unpaired) electrons. The molecule has 1 heterocycles. The van der Waals surface area contributed by atoms with E-state index in [1.807, 2.05) is 20.8 Å². The average Bonchev–Trinajstić information content (AvgIpc) is 3.21. The van der Waals surface area contributed by atoms with E-state index >= 15 is 0 Å². The lowest BCUT2D eigenvalue weighted by atomic mass is 9.96. The van der Waals surface area contributed by atoms with Crippen molar-refractivity contribution < 1.29 is 14.3 Å². The molecule has 3 nitrogen and oxygen atoms in total. The third-order valence-corrected chi connectivity index (χ3v) is 5.66. The molecule has 0 unspecified atom stereocenters. The minimum atomic E-state index is -0.413. The van der Waals surface area contributed by atoms with Crippen LogP contribution in [0, 0.1) is 23.7 Å². The van der Waals surface area contributed by atoms with Crippen LogP contribution in [-0.4, -0.2) is 23.8 Å². The second-order valence-electron chi connectivity index (χ2n) is 9.36. The van der Waals surface area contributed by atoms with Crippen molar-refractivity contribution in [2.75, 3.05) is 0 Å². The largest absolute Gasteiger partial charge is 0.460 e. The van der Waals surface area contributed by atoms with Crippen LogP contribution in [-0.2, 0) is 14.3 Å². The molecule has 3 heteroatoms. The molecule has 2 aliphatic rings. The SMILES string of the molecule is CC[C@H]1O[C@@H](/C(C)=C/[C@H](C)/C=C/[C@H]2[C@@H](C)[C@@H]2C(=O)OC(C)(C)C)CC=C1C. The first-order valence-corrected chi connectivity index (χ1v) is 10.4. The Bertz CT molecular complexity index is 620. The minimum absolute atomic E-state index is 0.0119. The summed E-state index contributed by atoms with van der Waals surface area (Å²) in [7, 11) is 0. The Hall–Kier alpha value is -1.35. The van der Waals surface area contributed by atoms with Crippen LogP contribution >= 0.6 is 0 Å². The standard InChI is InChI=1S/C24H38O3/c1-9-20-16(3)11-13-21(26-20)17(4)14-15(2)10-12-19-18(5)22(19)23(25)27-24(6,7)8/h10-12,14-15,18-22H,9,13H2,1-8H3/b12-10+,17-14+/t15-,18-,19+,20-,21-,22+/m1/s1. The normalized spacial score (nSPS) is 33.0. The lowest BCUT2D eigenvalue weighted by molar-refractivity contribution is -0.157. The predicted octanol–water partition coefficient (Wildman–Crippen LogP) is 5.86. The summed E-state index contributed by atoms with van der Waals surface area (Å²) in [5, 5.41) is 0. The zero-order valence-corrected chi connectivity index (χ0v) is 18.4.